The van der Waals surface area contributed by atoms with Crippen molar-refractivity contribution in [1.29, 1.82) is 0 Å². The van der Waals surface area contributed by atoms with E-state index in [-0.39, 0.29) is 41.5 Å². The lowest BCUT2D eigenvalue weighted by Gasteiger charge is -2.16. The van der Waals surface area contributed by atoms with Gasteiger partial charge in [-0.15, -0.1) is 24.0 Å². The zero-order valence-electron chi connectivity index (χ0n) is 12.6. The minimum Gasteiger partial charge on any atom is -0.481 e. The highest BCUT2D eigenvalue weighted by Gasteiger charge is 2.28. The summed E-state index contributed by atoms with van der Waals surface area (Å²) in [5.41, 5.74) is 0.984. The van der Waals surface area contributed by atoms with Crippen molar-refractivity contribution in [2.75, 3.05) is 25.7 Å². The monoisotopic (exact) mass is 440 g/mol. The lowest BCUT2D eigenvalue weighted by molar-refractivity contribution is 0.397. The molecule has 1 aromatic heterocycles. The SMILES string of the molecule is CN=C(NCc1ccc(OC)nc1)NC1CCS(=O)(=O)C1.I. The Balaban J connectivity index is 0.00000242. The van der Waals surface area contributed by atoms with Crippen molar-refractivity contribution < 1.29 is 13.2 Å². The molecule has 0 aliphatic carbocycles. The van der Waals surface area contributed by atoms with Gasteiger partial charge in [0, 0.05) is 31.9 Å². The first-order valence-corrected chi connectivity index (χ1v) is 8.51. The zero-order valence-corrected chi connectivity index (χ0v) is 15.7. The van der Waals surface area contributed by atoms with E-state index >= 15 is 0 Å². The molecule has 0 aromatic carbocycles. The summed E-state index contributed by atoms with van der Waals surface area (Å²) < 4.78 is 27.9. The predicted molar refractivity (Wildman–Crippen MR) is 96.6 cm³/mol. The number of guanidine groups is 1. The highest BCUT2D eigenvalue weighted by Crippen LogP contribution is 2.11. The maximum Gasteiger partial charge on any atom is 0.212 e. The Morgan fingerprint density at radius 3 is 2.77 bits per heavy atom. The minimum absolute atomic E-state index is 0. The molecule has 1 aromatic rings. The number of pyridine rings is 1. The van der Waals surface area contributed by atoms with Gasteiger partial charge >= 0.3 is 0 Å². The van der Waals surface area contributed by atoms with Crippen LogP contribution in [0.4, 0.5) is 0 Å². The van der Waals surface area contributed by atoms with E-state index in [2.05, 4.69) is 20.6 Å². The topological polar surface area (TPSA) is 92.7 Å². The van der Waals surface area contributed by atoms with Gasteiger partial charge in [-0.1, -0.05) is 6.07 Å². The fraction of sp³-hybridized carbons (Fsp3) is 0.538. The highest BCUT2D eigenvalue weighted by atomic mass is 127. The second-order valence-electron chi connectivity index (χ2n) is 4.88. The summed E-state index contributed by atoms with van der Waals surface area (Å²) in [5, 5.41) is 6.27. The lowest BCUT2D eigenvalue weighted by atomic mass is 10.2. The number of ether oxygens (including phenoxy) is 1. The number of hydrogen-bond donors (Lipinski definition) is 2. The molecule has 2 N–H and O–H groups in total. The first kappa shape index (κ1) is 18.9. The Morgan fingerprint density at radius 2 is 2.27 bits per heavy atom. The summed E-state index contributed by atoms with van der Waals surface area (Å²) in [7, 11) is 0.336. The second kappa shape index (κ2) is 8.51. The van der Waals surface area contributed by atoms with Crippen LogP contribution in [0.1, 0.15) is 12.0 Å². The van der Waals surface area contributed by atoms with E-state index in [1.807, 2.05) is 6.07 Å². The molecule has 0 radical (unpaired) electrons. The quantitative estimate of drug-likeness (QED) is 0.404. The van der Waals surface area contributed by atoms with Crippen molar-refractivity contribution in [1.82, 2.24) is 15.6 Å². The van der Waals surface area contributed by atoms with Crippen LogP contribution in [0, 0.1) is 0 Å². The number of rotatable bonds is 4. The fourth-order valence-corrected chi connectivity index (χ4v) is 3.79. The van der Waals surface area contributed by atoms with Gasteiger partial charge in [-0.05, 0) is 12.0 Å². The third kappa shape index (κ3) is 5.59. The predicted octanol–water partition coefficient (Wildman–Crippen LogP) is 0.560. The van der Waals surface area contributed by atoms with E-state index in [0.29, 0.717) is 24.8 Å². The van der Waals surface area contributed by atoms with Gasteiger partial charge in [0.2, 0.25) is 5.88 Å². The Hall–Kier alpha value is -1.10. The molecule has 0 bridgehead atoms. The van der Waals surface area contributed by atoms with Crippen LogP contribution in [0.3, 0.4) is 0 Å². The molecule has 7 nitrogen and oxygen atoms in total. The van der Waals surface area contributed by atoms with Crippen molar-refractivity contribution >= 4 is 39.8 Å². The Labute approximate surface area is 147 Å². The number of sulfone groups is 1. The third-order valence-corrected chi connectivity index (χ3v) is 5.03. The first-order chi connectivity index (χ1) is 10.0. The van der Waals surface area contributed by atoms with Crippen molar-refractivity contribution in [2.45, 2.75) is 19.0 Å². The summed E-state index contributed by atoms with van der Waals surface area (Å²) in [6.45, 7) is 0.552. The van der Waals surface area contributed by atoms with Crippen LogP contribution in [0.5, 0.6) is 5.88 Å². The van der Waals surface area contributed by atoms with Gasteiger partial charge in [0.1, 0.15) is 0 Å². The number of aromatic nitrogens is 1. The van der Waals surface area contributed by atoms with Crippen molar-refractivity contribution in [2.24, 2.45) is 4.99 Å². The molecule has 1 unspecified atom stereocenters. The van der Waals surface area contributed by atoms with E-state index < -0.39 is 9.84 Å². The van der Waals surface area contributed by atoms with Crippen LogP contribution in [0.25, 0.3) is 0 Å². The summed E-state index contributed by atoms with van der Waals surface area (Å²) in [6.07, 6.45) is 2.34. The molecule has 22 heavy (non-hydrogen) atoms. The van der Waals surface area contributed by atoms with Crippen LogP contribution in [0.2, 0.25) is 0 Å². The van der Waals surface area contributed by atoms with Gasteiger partial charge in [-0.3, -0.25) is 4.99 Å². The molecule has 0 spiro atoms. The molecule has 1 aliphatic rings. The average Bonchev–Trinajstić information content (AvgIpc) is 2.83. The normalized spacial score (nSPS) is 20.1. The second-order valence-corrected chi connectivity index (χ2v) is 7.11. The van der Waals surface area contributed by atoms with Gasteiger partial charge in [-0.25, -0.2) is 13.4 Å². The van der Waals surface area contributed by atoms with Crippen molar-refractivity contribution in [3.05, 3.63) is 23.9 Å². The Kier molecular flexibility index (Phi) is 7.33. The molecular formula is C13H21IN4O3S. The number of nitrogens with zero attached hydrogens (tertiary/aromatic N) is 2. The maximum atomic E-state index is 11.4. The first-order valence-electron chi connectivity index (χ1n) is 6.69. The van der Waals surface area contributed by atoms with Gasteiger partial charge in [0.05, 0.1) is 18.6 Å². The standard InChI is InChI=1S/C13H20N4O3S.HI/c1-14-13(17-11-5-6-21(18,19)9-11)16-8-10-3-4-12(20-2)15-7-10;/h3-4,7,11H,5-6,8-9H2,1-2H3,(H2,14,16,17);1H. The molecule has 1 aliphatic heterocycles. The van der Waals surface area contributed by atoms with E-state index in [1.165, 1.54) is 0 Å². The van der Waals surface area contributed by atoms with Crippen LogP contribution >= 0.6 is 24.0 Å². The van der Waals surface area contributed by atoms with Crippen molar-refractivity contribution in [3.8, 4) is 5.88 Å². The number of hydrogen-bond acceptors (Lipinski definition) is 5. The molecule has 1 atom stereocenters. The molecule has 0 saturated carbocycles. The van der Waals surface area contributed by atoms with Crippen LogP contribution in [-0.2, 0) is 16.4 Å². The highest BCUT2D eigenvalue weighted by molar-refractivity contribution is 14.0. The lowest BCUT2D eigenvalue weighted by Crippen LogP contribution is -2.43. The van der Waals surface area contributed by atoms with E-state index in [4.69, 9.17) is 4.74 Å². The molecule has 9 heteroatoms. The smallest absolute Gasteiger partial charge is 0.212 e. The molecule has 2 heterocycles. The average molecular weight is 440 g/mol. The number of aliphatic imine (C=N–C) groups is 1. The largest absolute Gasteiger partial charge is 0.481 e. The Morgan fingerprint density at radius 1 is 1.50 bits per heavy atom. The number of methoxy groups -OCH3 is 1. The molecule has 124 valence electrons. The van der Waals surface area contributed by atoms with Gasteiger partial charge in [-0.2, -0.15) is 0 Å². The summed E-state index contributed by atoms with van der Waals surface area (Å²) >= 11 is 0. The van der Waals surface area contributed by atoms with Crippen molar-refractivity contribution in [3.63, 3.8) is 0 Å². The molecule has 2 rings (SSSR count). The third-order valence-electron chi connectivity index (χ3n) is 3.26. The van der Waals surface area contributed by atoms with E-state index in [9.17, 15) is 8.42 Å². The summed E-state index contributed by atoms with van der Waals surface area (Å²) in [5.74, 6) is 1.56. The molecule has 1 saturated heterocycles. The van der Waals surface area contributed by atoms with Gasteiger partial charge in [0.25, 0.3) is 0 Å². The number of nitrogens with one attached hydrogen (secondary N) is 2. The fourth-order valence-electron chi connectivity index (χ4n) is 2.12. The zero-order chi connectivity index (χ0) is 15.3. The molecular weight excluding hydrogens is 419 g/mol. The van der Waals surface area contributed by atoms with E-state index in [1.54, 1.807) is 26.4 Å². The minimum atomic E-state index is -2.89. The molecule has 1 fully saturated rings. The Bertz CT molecular complexity index is 604. The van der Waals surface area contributed by atoms with Gasteiger partial charge in [0.15, 0.2) is 15.8 Å². The summed E-state index contributed by atoms with van der Waals surface area (Å²) in [4.78, 5) is 8.22. The molecule has 0 amide bonds. The number of halogens is 1. The van der Waals surface area contributed by atoms with Gasteiger partial charge < -0.3 is 15.4 Å². The van der Waals surface area contributed by atoms with Crippen LogP contribution < -0.4 is 15.4 Å². The van der Waals surface area contributed by atoms with E-state index in [0.717, 1.165) is 5.56 Å². The maximum absolute atomic E-state index is 11.4. The summed E-state index contributed by atoms with van der Waals surface area (Å²) in [6, 6.07) is 3.62. The van der Waals surface area contributed by atoms with Crippen LogP contribution in [-0.4, -0.2) is 51.1 Å². The van der Waals surface area contributed by atoms with Crippen LogP contribution in [0.15, 0.2) is 23.3 Å².